The molecule has 0 spiro atoms. The first-order chi connectivity index (χ1) is 10.0. The van der Waals surface area contributed by atoms with Crippen molar-refractivity contribution >= 4 is 22.8 Å². The fourth-order valence-electron chi connectivity index (χ4n) is 1.92. The van der Waals surface area contributed by atoms with Crippen LogP contribution < -0.4 is 9.47 Å². The van der Waals surface area contributed by atoms with E-state index in [1.807, 2.05) is 0 Å². The average Bonchev–Trinajstić information content (AvgIpc) is 2.46. The minimum absolute atomic E-state index is 0.380. The molecular formula is C16H13ClO4. The fraction of sp³-hybridized carbons (Fsp3) is 0.125. The molecular weight excluding hydrogens is 292 g/mol. The third-order valence-electron chi connectivity index (χ3n) is 2.85. The molecule has 0 radical (unpaired) electrons. The quantitative estimate of drug-likeness (QED) is 0.491. The normalized spacial score (nSPS) is 10.0. The van der Waals surface area contributed by atoms with Gasteiger partial charge in [0.2, 0.25) is 0 Å². The number of rotatable bonds is 4. The highest BCUT2D eigenvalue weighted by atomic mass is 35.5. The molecule has 0 aromatic heterocycles. The third kappa shape index (κ3) is 3.61. The van der Waals surface area contributed by atoms with Crippen LogP contribution in [0.5, 0.6) is 11.5 Å². The number of hydrogen-bond donors (Lipinski definition) is 0. The van der Waals surface area contributed by atoms with Gasteiger partial charge in [-0.25, -0.2) is 0 Å². The number of methoxy groups -OCH3 is 1. The Labute approximate surface area is 127 Å². The Morgan fingerprint density at radius 1 is 1.05 bits per heavy atom. The Morgan fingerprint density at radius 2 is 1.71 bits per heavy atom. The summed E-state index contributed by atoms with van der Waals surface area (Å²) in [4.78, 5) is 22.2. The molecule has 0 saturated carbocycles. The molecule has 0 bridgehead atoms. The predicted octanol–water partition coefficient (Wildman–Crippen LogP) is 3.67. The van der Waals surface area contributed by atoms with Crippen LogP contribution in [0.2, 0.25) is 0 Å². The number of ether oxygens (including phenoxy) is 2. The summed E-state index contributed by atoms with van der Waals surface area (Å²) in [6.45, 7) is 1.34. The lowest BCUT2D eigenvalue weighted by Gasteiger charge is -2.10. The average molecular weight is 305 g/mol. The third-order valence-corrected chi connectivity index (χ3v) is 3.07. The summed E-state index contributed by atoms with van der Waals surface area (Å²) in [5.74, 6) is 0.696. The van der Waals surface area contributed by atoms with E-state index in [-0.39, 0.29) is 5.97 Å². The van der Waals surface area contributed by atoms with Crippen molar-refractivity contribution in [2.75, 3.05) is 7.11 Å². The van der Waals surface area contributed by atoms with Crippen molar-refractivity contribution in [3.05, 3.63) is 48.0 Å². The summed E-state index contributed by atoms with van der Waals surface area (Å²) >= 11 is 5.50. The summed E-state index contributed by atoms with van der Waals surface area (Å²) in [7, 11) is 1.55. The van der Waals surface area contributed by atoms with Gasteiger partial charge in [-0.15, -0.1) is 0 Å². The van der Waals surface area contributed by atoms with Gasteiger partial charge in [-0.1, -0.05) is 12.1 Å². The highest BCUT2D eigenvalue weighted by molar-refractivity contribution is 6.67. The number of esters is 1. The maximum atomic E-state index is 11.3. The molecule has 0 saturated heterocycles. The summed E-state index contributed by atoms with van der Waals surface area (Å²) in [6.07, 6.45) is 0. The van der Waals surface area contributed by atoms with Crippen LogP contribution in [0.4, 0.5) is 0 Å². The van der Waals surface area contributed by atoms with E-state index in [2.05, 4.69) is 0 Å². The summed E-state index contributed by atoms with van der Waals surface area (Å²) in [5.41, 5.74) is 1.94. The largest absolute Gasteiger partial charge is 0.496 e. The fourth-order valence-corrected chi connectivity index (χ4v) is 2.04. The Morgan fingerprint density at radius 3 is 2.24 bits per heavy atom. The lowest BCUT2D eigenvalue weighted by Crippen LogP contribution is -2.01. The van der Waals surface area contributed by atoms with Crippen LogP contribution in [0.15, 0.2) is 42.5 Å². The van der Waals surface area contributed by atoms with Gasteiger partial charge >= 0.3 is 5.97 Å². The van der Waals surface area contributed by atoms with Crippen LogP contribution in [-0.4, -0.2) is 18.3 Å². The van der Waals surface area contributed by atoms with E-state index in [0.29, 0.717) is 17.1 Å². The maximum absolute atomic E-state index is 11.3. The number of carbonyl (C=O) groups is 2. The zero-order valence-electron chi connectivity index (χ0n) is 11.6. The molecule has 5 heteroatoms. The van der Waals surface area contributed by atoms with E-state index in [4.69, 9.17) is 21.1 Å². The highest BCUT2D eigenvalue weighted by Crippen LogP contribution is 2.32. The predicted molar refractivity (Wildman–Crippen MR) is 79.9 cm³/mol. The number of hydrogen-bond acceptors (Lipinski definition) is 4. The zero-order valence-corrected chi connectivity index (χ0v) is 12.3. The Kier molecular flexibility index (Phi) is 4.60. The van der Waals surface area contributed by atoms with Crippen molar-refractivity contribution in [3.63, 3.8) is 0 Å². The molecule has 4 nitrogen and oxygen atoms in total. The molecule has 21 heavy (non-hydrogen) atoms. The summed E-state index contributed by atoms with van der Waals surface area (Å²) in [5, 5.41) is -0.532. The van der Waals surface area contributed by atoms with E-state index in [0.717, 1.165) is 11.1 Å². The van der Waals surface area contributed by atoms with Crippen molar-refractivity contribution in [1.29, 1.82) is 0 Å². The van der Waals surface area contributed by atoms with Gasteiger partial charge in [0.1, 0.15) is 11.5 Å². The zero-order chi connectivity index (χ0) is 15.4. The molecule has 0 unspecified atom stereocenters. The van der Waals surface area contributed by atoms with Gasteiger partial charge in [0.05, 0.1) is 7.11 Å². The first-order valence-corrected chi connectivity index (χ1v) is 6.56. The van der Waals surface area contributed by atoms with E-state index in [9.17, 15) is 9.59 Å². The molecule has 2 rings (SSSR count). The molecule has 0 atom stereocenters. The molecule has 2 aromatic rings. The molecule has 2 aromatic carbocycles. The summed E-state index contributed by atoms with van der Waals surface area (Å²) < 4.78 is 10.3. The second kappa shape index (κ2) is 6.41. The van der Waals surface area contributed by atoms with E-state index in [1.54, 1.807) is 49.6 Å². The standard InChI is InChI=1S/C16H13ClO4/c1-10(18)21-13-6-3-11(4-7-13)14-9-12(16(17)19)5-8-15(14)20-2/h3-9H,1-2H3. The van der Waals surface area contributed by atoms with Crippen molar-refractivity contribution in [2.24, 2.45) is 0 Å². The van der Waals surface area contributed by atoms with Gasteiger partial charge in [-0.05, 0) is 47.5 Å². The number of carbonyl (C=O) groups excluding carboxylic acids is 2. The van der Waals surface area contributed by atoms with Crippen LogP contribution in [0.25, 0.3) is 11.1 Å². The summed E-state index contributed by atoms with van der Waals surface area (Å²) in [6, 6.07) is 11.8. The Hall–Kier alpha value is -2.33. The van der Waals surface area contributed by atoms with E-state index >= 15 is 0 Å². The van der Waals surface area contributed by atoms with Crippen LogP contribution in [0.3, 0.4) is 0 Å². The molecule has 108 valence electrons. The smallest absolute Gasteiger partial charge is 0.308 e. The van der Waals surface area contributed by atoms with Crippen LogP contribution in [-0.2, 0) is 4.79 Å². The first kappa shape index (κ1) is 15.1. The number of halogens is 1. The highest BCUT2D eigenvalue weighted by Gasteiger charge is 2.10. The van der Waals surface area contributed by atoms with Gasteiger partial charge in [0.25, 0.3) is 5.24 Å². The van der Waals surface area contributed by atoms with Crippen molar-refractivity contribution in [3.8, 4) is 22.6 Å². The van der Waals surface area contributed by atoms with Gasteiger partial charge in [-0.2, -0.15) is 0 Å². The van der Waals surface area contributed by atoms with Crippen molar-refractivity contribution in [1.82, 2.24) is 0 Å². The van der Waals surface area contributed by atoms with Gasteiger partial charge < -0.3 is 9.47 Å². The van der Waals surface area contributed by atoms with E-state index < -0.39 is 5.24 Å². The van der Waals surface area contributed by atoms with Gasteiger partial charge in [0, 0.05) is 18.1 Å². The Bertz CT molecular complexity index is 677. The molecule has 0 heterocycles. The van der Waals surface area contributed by atoms with Crippen LogP contribution in [0.1, 0.15) is 17.3 Å². The monoisotopic (exact) mass is 304 g/mol. The van der Waals surface area contributed by atoms with Gasteiger partial charge in [0.15, 0.2) is 0 Å². The number of benzene rings is 2. The minimum Gasteiger partial charge on any atom is -0.496 e. The van der Waals surface area contributed by atoms with E-state index in [1.165, 1.54) is 6.92 Å². The SMILES string of the molecule is COc1ccc(C(=O)Cl)cc1-c1ccc(OC(C)=O)cc1. The molecule has 0 aliphatic carbocycles. The van der Waals surface area contributed by atoms with Crippen molar-refractivity contribution < 1.29 is 19.1 Å². The molecule has 0 amide bonds. The topological polar surface area (TPSA) is 52.6 Å². The maximum Gasteiger partial charge on any atom is 0.308 e. The Balaban J connectivity index is 2.42. The molecule has 0 fully saturated rings. The second-order valence-corrected chi connectivity index (χ2v) is 4.65. The second-order valence-electron chi connectivity index (χ2n) is 4.31. The molecule has 0 aliphatic rings. The van der Waals surface area contributed by atoms with Crippen LogP contribution in [0, 0.1) is 0 Å². The first-order valence-electron chi connectivity index (χ1n) is 6.18. The molecule has 0 N–H and O–H groups in total. The van der Waals surface area contributed by atoms with Crippen LogP contribution >= 0.6 is 11.6 Å². The lowest BCUT2D eigenvalue weighted by atomic mass is 10.0. The lowest BCUT2D eigenvalue weighted by molar-refractivity contribution is -0.131. The van der Waals surface area contributed by atoms with Crippen molar-refractivity contribution in [2.45, 2.75) is 6.92 Å². The minimum atomic E-state index is -0.532. The molecule has 0 aliphatic heterocycles. The van der Waals surface area contributed by atoms with Gasteiger partial charge in [-0.3, -0.25) is 9.59 Å².